The van der Waals surface area contributed by atoms with Gasteiger partial charge in [-0.1, -0.05) is 18.2 Å². The molecule has 23 heavy (non-hydrogen) atoms. The van der Waals surface area contributed by atoms with E-state index in [9.17, 15) is 18.0 Å². The van der Waals surface area contributed by atoms with Crippen LogP contribution in [0.4, 0.5) is 18.9 Å². The molecule has 0 bridgehead atoms. The lowest BCUT2D eigenvalue weighted by Crippen LogP contribution is -2.18. The molecular formula is C16H14F3NO3. The van der Waals surface area contributed by atoms with Crippen LogP contribution in [0, 0.1) is 0 Å². The van der Waals surface area contributed by atoms with Gasteiger partial charge in [-0.05, 0) is 24.3 Å². The minimum atomic E-state index is -4.57. The zero-order valence-electron chi connectivity index (χ0n) is 12.4. The molecule has 0 unspecified atom stereocenters. The maximum absolute atomic E-state index is 13.0. The van der Waals surface area contributed by atoms with Crippen molar-refractivity contribution < 1.29 is 27.4 Å². The van der Waals surface area contributed by atoms with Crippen molar-refractivity contribution in [3.05, 3.63) is 53.6 Å². The first-order valence-electron chi connectivity index (χ1n) is 6.57. The van der Waals surface area contributed by atoms with E-state index >= 15 is 0 Å². The number of anilines is 1. The van der Waals surface area contributed by atoms with Crippen LogP contribution >= 0.6 is 0 Å². The van der Waals surface area contributed by atoms with E-state index in [4.69, 9.17) is 9.47 Å². The fourth-order valence-corrected chi connectivity index (χ4v) is 2.10. The molecule has 0 saturated carbocycles. The third kappa shape index (κ3) is 3.56. The van der Waals surface area contributed by atoms with Crippen LogP contribution in [0.25, 0.3) is 0 Å². The highest BCUT2D eigenvalue weighted by atomic mass is 19.4. The van der Waals surface area contributed by atoms with E-state index in [0.29, 0.717) is 0 Å². The van der Waals surface area contributed by atoms with Gasteiger partial charge in [0.1, 0.15) is 17.1 Å². The normalized spacial score (nSPS) is 11.0. The summed E-state index contributed by atoms with van der Waals surface area (Å²) in [6.45, 7) is 0. The van der Waals surface area contributed by atoms with Crippen molar-refractivity contribution in [2.75, 3.05) is 19.5 Å². The Hall–Kier alpha value is -2.70. The van der Waals surface area contributed by atoms with Crippen molar-refractivity contribution in [1.29, 1.82) is 0 Å². The molecule has 122 valence electrons. The molecule has 0 aliphatic heterocycles. The fourth-order valence-electron chi connectivity index (χ4n) is 2.10. The maximum atomic E-state index is 13.0. The van der Waals surface area contributed by atoms with Crippen LogP contribution in [0.1, 0.15) is 15.9 Å². The van der Waals surface area contributed by atoms with Gasteiger partial charge in [-0.3, -0.25) is 4.79 Å². The summed E-state index contributed by atoms with van der Waals surface area (Å²) in [5, 5.41) is 2.26. The standard InChI is InChI=1S/C16H14F3NO3/c1-22-12-8-5-9-13(23-2)14(12)15(21)20-11-7-4-3-6-10(11)16(17,18)19/h3-9H,1-2H3,(H,20,21). The van der Waals surface area contributed by atoms with Gasteiger partial charge in [0.15, 0.2) is 0 Å². The zero-order valence-corrected chi connectivity index (χ0v) is 12.4. The Morgan fingerprint density at radius 1 is 0.957 bits per heavy atom. The lowest BCUT2D eigenvalue weighted by Gasteiger charge is -2.16. The van der Waals surface area contributed by atoms with Gasteiger partial charge in [0.2, 0.25) is 0 Å². The molecule has 0 aliphatic rings. The summed E-state index contributed by atoms with van der Waals surface area (Å²) in [5.74, 6) is -0.353. The molecule has 2 aromatic rings. The Balaban J connectivity index is 2.42. The Morgan fingerprint density at radius 2 is 1.52 bits per heavy atom. The summed E-state index contributed by atoms with van der Waals surface area (Å²) in [6.07, 6.45) is -4.57. The molecule has 0 fully saturated rings. The lowest BCUT2D eigenvalue weighted by atomic mass is 10.1. The minimum absolute atomic E-state index is 0.0227. The van der Waals surface area contributed by atoms with Gasteiger partial charge >= 0.3 is 6.18 Å². The Kier molecular flexibility index (Phi) is 4.78. The Morgan fingerprint density at radius 3 is 2.04 bits per heavy atom. The minimum Gasteiger partial charge on any atom is -0.496 e. The smallest absolute Gasteiger partial charge is 0.418 e. The highest BCUT2D eigenvalue weighted by Gasteiger charge is 2.34. The summed E-state index contributed by atoms with van der Waals surface area (Å²) in [4.78, 5) is 12.4. The number of rotatable bonds is 4. The molecule has 0 radical (unpaired) electrons. The lowest BCUT2D eigenvalue weighted by molar-refractivity contribution is -0.136. The number of alkyl halides is 3. The third-order valence-corrected chi connectivity index (χ3v) is 3.14. The van der Waals surface area contributed by atoms with Gasteiger partial charge in [-0.15, -0.1) is 0 Å². The molecule has 0 saturated heterocycles. The number of carbonyl (C=O) groups is 1. The topological polar surface area (TPSA) is 47.6 Å². The summed E-state index contributed by atoms with van der Waals surface area (Å²) in [6, 6.07) is 9.39. The van der Waals surface area contributed by atoms with Gasteiger partial charge in [-0.2, -0.15) is 13.2 Å². The van der Waals surface area contributed by atoms with Gasteiger partial charge in [0, 0.05) is 0 Å². The molecule has 4 nitrogen and oxygen atoms in total. The highest BCUT2D eigenvalue weighted by Crippen LogP contribution is 2.35. The molecule has 7 heteroatoms. The highest BCUT2D eigenvalue weighted by molar-refractivity contribution is 6.08. The number of hydrogen-bond acceptors (Lipinski definition) is 3. The van der Waals surface area contributed by atoms with Crippen LogP contribution in [0.15, 0.2) is 42.5 Å². The molecule has 0 atom stereocenters. The molecular weight excluding hydrogens is 311 g/mol. The van der Waals surface area contributed by atoms with E-state index in [1.165, 1.54) is 44.6 Å². The molecule has 2 rings (SSSR count). The van der Waals surface area contributed by atoms with Crippen molar-refractivity contribution in [3.8, 4) is 11.5 Å². The molecule has 0 spiro atoms. The molecule has 1 N–H and O–H groups in total. The van der Waals surface area contributed by atoms with Crippen LogP contribution in [0.5, 0.6) is 11.5 Å². The van der Waals surface area contributed by atoms with E-state index < -0.39 is 17.6 Å². The number of ether oxygens (including phenoxy) is 2. The molecule has 0 aliphatic carbocycles. The first-order valence-corrected chi connectivity index (χ1v) is 6.57. The number of benzene rings is 2. The number of halogens is 3. The molecule has 0 heterocycles. The number of methoxy groups -OCH3 is 2. The summed E-state index contributed by atoms with van der Waals surface area (Å²) in [7, 11) is 2.71. The van der Waals surface area contributed by atoms with Gasteiger partial charge in [0.05, 0.1) is 25.5 Å². The number of para-hydroxylation sites is 1. The largest absolute Gasteiger partial charge is 0.496 e. The van der Waals surface area contributed by atoms with E-state index in [2.05, 4.69) is 5.32 Å². The van der Waals surface area contributed by atoms with Gasteiger partial charge in [-0.25, -0.2) is 0 Å². The van der Waals surface area contributed by atoms with Crippen LogP contribution in [0.2, 0.25) is 0 Å². The second kappa shape index (κ2) is 6.60. The van der Waals surface area contributed by atoms with Crippen molar-refractivity contribution >= 4 is 11.6 Å². The van der Waals surface area contributed by atoms with Crippen LogP contribution < -0.4 is 14.8 Å². The van der Waals surface area contributed by atoms with Crippen LogP contribution in [-0.4, -0.2) is 20.1 Å². The molecule has 0 aromatic heterocycles. The number of hydrogen-bond donors (Lipinski definition) is 1. The van der Waals surface area contributed by atoms with Gasteiger partial charge in [0.25, 0.3) is 5.91 Å². The summed E-state index contributed by atoms with van der Waals surface area (Å²) >= 11 is 0. The van der Waals surface area contributed by atoms with Crippen molar-refractivity contribution in [3.63, 3.8) is 0 Å². The summed E-state index contributed by atoms with van der Waals surface area (Å²) in [5.41, 5.74) is -1.24. The average Bonchev–Trinajstić information content (AvgIpc) is 2.53. The monoisotopic (exact) mass is 325 g/mol. The number of amides is 1. The molecule has 1 amide bonds. The quantitative estimate of drug-likeness (QED) is 0.925. The predicted molar refractivity (Wildman–Crippen MR) is 78.9 cm³/mol. The van der Waals surface area contributed by atoms with Crippen molar-refractivity contribution in [2.24, 2.45) is 0 Å². The van der Waals surface area contributed by atoms with Crippen molar-refractivity contribution in [1.82, 2.24) is 0 Å². The Bertz CT molecular complexity index is 692. The van der Waals surface area contributed by atoms with Gasteiger partial charge < -0.3 is 14.8 Å². The van der Waals surface area contributed by atoms with E-state index in [-0.39, 0.29) is 22.7 Å². The molecule has 2 aromatic carbocycles. The van der Waals surface area contributed by atoms with E-state index in [0.717, 1.165) is 6.07 Å². The average molecular weight is 325 g/mol. The fraction of sp³-hybridized carbons (Fsp3) is 0.188. The Labute approximate surface area is 130 Å². The SMILES string of the molecule is COc1cccc(OC)c1C(=O)Nc1ccccc1C(F)(F)F. The predicted octanol–water partition coefficient (Wildman–Crippen LogP) is 3.97. The summed E-state index contributed by atoms with van der Waals surface area (Å²) < 4.78 is 49.1. The second-order valence-electron chi connectivity index (χ2n) is 4.54. The third-order valence-electron chi connectivity index (χ3n) is 3.14. The second-order valence-corrected chi connectivity index (χ2v) is 4.54. The number of nitrogens with one attached hydrogen (secondary N) is 1. The number of carbonyl (C=O) groups excluding carboxylic acids is 1. The van der Waals surface area contributed by atoms with E-state index in [1.807, 2.05) is 0 Å². The first kappa shape index (κ1) is 16.7. The zero-order chi connectivity index (χ0) is 17.0. The maximum Gasteiger partial charge on any atom is 0.418 e. The first-order chi connectivity index (χ1) is 10.9. The van der Waals surface area contributed by atoms with Crippen molar-refractivity contribution in [2.45, 2.75) is 6.18 Å². The van der Waals surface area contributed by atoms with E-state index in [1.54, 1.807) is 6.07 Å². The van der Waals surface area contributed by atoms with Crippen LogP contribution in [-0.2, 0) is 6.18 Å². The van der Waals surface area contributed by atoms with Crippen LogP contribution in [0.3, 0.4) is 0 Å².